The van der Waals surface area contributed by atoms with Crippen LogP contribution in [0.2, 0.25) is 10.0 Å². The minimum Gasteiger partial charge on any atom is -0.312 e. The van der Waals surface area contributed by atoms with Crippen LogP contribution in [-0.2, 0) is 12.8 Å². The molecule has 1 aromatic carbocycles. The first-order chi connectivity index (χ1) is 9.15. The van der Waals surface area contributed by atoms with E-state index in [1.807, 2.05) is 0 Å². The van der Waals surface area contributed by atoms with E-state index >= 15 is 0 Å². The number of nitrogens with zero attached hydrogens (tertiary/aromatic N) is 1. The number of aromatic nitrogens is 1. The molecule has 19 heavy (non-hydrogen) atoms. The minimum atomic E-state index is -0.222. The SMILES string of the molecule is O=C(Nc1snc2c1CCC2)c1ccc(Cl)cc1Cl. The monoisotopic (exact) mass is 312 g/mol. The molecule has 0 saturated carbocycles. The molecule has 0 saturated heterocycles. The van der Waals surface area contributed by atoms with Gasteiger partial charge < -0.3 is 5.32 Å². The van der Waals surface area contributed by atoms with Gasteiger partial charge in [0.25, 0.3) is 5.91 Å². The zero-order valence-electron chi connectivity index (χ0n) is 9.87. The summed E-state index contributed by atoms with van der Waals surface area (Å²) in [6.45, 7) is 0. The molecule has 0 aliphatic heterocycles. The van der Waals surface area contributed by atoms with E-state index in [1.165, 1.54) is 17.1 Å². The van der Waals surface area contributed by atoms with E-state index in [-0.39, 0.29) is 5.91 Å². The highest BCUT2D eigenvalue weighted by molar-refractivity contribution is 7.10. The van der Waals surface area contributed by atoms with Crippen LogP contribution < -0.4 is 5.32 Å². The van der Waals surface area contributed by atoms with Crippen molar-refractivity contribution in [2.45, 2.75) is 19.3 Å². The maximum atomic E-state index is 12.2. The lowest BCUT2D eigenvalue weighted by Gasteiger charge is -2.06. The third-order valence-electron chi connectivity index (χ3n) is 3.11. The zero-order valence-corrected chi connectivity index (χ0v) is 12.2. The molecule has 0 unspecified atom stereocenters. The fourth-order valence-electron chi connectivity index (χ4n) is 2.17. The summed E-state index contributed by atoms with van der Waals surface area (Å²) < 4.78 is 4.35. The first-order valence-electron chi connectivity index (χ1n) is 5.89. The van der Waals surface area contributed by atoms with E-state index in [4.69, 9.17) is 23.2 Å². The quantitative estimate of drug-likeness (QED) is 0.903. The van der Waals surface area contributed by atoms with E-state index < -0.39 is 0 Å². The lowest BCUT2D eigenvalue weighted by atomic mass is 10.2. The van der Waals surface area contributed by atoms with Crippen LogP contribution in [0.15, 0.2) is 18.2 Å². The lowest BCUT2D eigenvalue weighted by molar-refractivity contribution is 0.102. The van der Waals surface area contributed by atoms with Crippen LogP contribution in [0.5, 0.6) is 0 Å². The molecule has 1 N–H and O–H groups in total. The van der Waals surface area contributed by atoms with Crippen molar-refractivity contribution >= 4 is 45.6 Å². The summed E-state index contributed by atoms with van der Waals surface area (Å²) in [5.74, 6) is -0.222. The number of rotatable bonds is 2. The Morgan fingerprint density at radius 3 is 2.95 bits per heavy atom. The van der Waals surface area contributed by atoms with E-state index in [2.05, 4.69) is 9.69 Å². The molecule has 6 heteroatoms. The highest BCUT2D eigenvalue weighted by Gasteiger charge is 2.21. The third kappa shape index (κ3) is 2.48. The molecule has 0 bridgehead atoms. The molecule has 0 radical (unpaired) electrons. The minimum absolute atomic E-state index is 0.222. The molecule has 1 aliphatic carbocycles. The summed E-state index contributed by atoms with van der Waals surface area (Å²) in [7, 11) is 0. The van der Waals surface area contributed by atoms with Gasteiger partial charge in [-0.1, -0.05) is 23.2 Å². The molecule has 2 aromatic rings. The molecule has 1 amide bonds. The zero-order chi connectivity index (χ0) is 13.4. The van der Waals surface area contributed by atoms with Crippen molar-refractivity contribution in [3.8, 4) is 0 Å². The second-order valence-corrected chi connectivity index (χ2v) is 5.99. The summed E-state index contributed by atoms with van der Waals surface area (Å²) >= 11 is 13.2. The molecular formula is C13H10Cl2N2OS. The second kappa shape index (κ2) is 5.12. The number of nitrogens with one attached hydrogen (secondary N) is 1. The predicted molar refractivity (Wildman–Crippen MR) is 78.6 cm³/mol. The molecular weight excluding hydrogens is 303 g/mol. The van der Waals surface area contributed by atoms with Crippen LogP contribution in [0.3, 0.4) is 0 Å². The first kappa shape index (κ1) is 12.9. The maximum absolute atomic E-state index is 12.2. The Labute approximate surface area is 124 Å². The van der Waals surface area contributed by atoms with Gasteiger partial charge >= 0.3 is 0 Å². The topological polar surface area (TPSA) is 42.0 Å². The van der Waals surface area contributed by atoms with Gasteiger partial charge in [-0.25, -0.2) is 0 Å². The molecule has 98 valence electrons. The van der Waals surface area contributed by atoms with Gasteiger partial charge in [-0.05, 0) is 49.0 Å². The van der Waals surface area contributed by atoms with Crippen molar-refractivity contribution in [1.82, 2.24) is 4.37 Å². The molecule has 1 aliphatic rings. The van der Waals surface area contributed by atoms with Gasteiger partial charge in [-0.3, -0.25) is 4.79 Å². The predicted octanol–water partition coefficient (Wildman–Crippen LogP) is 4.19. The molecule has 0 spiro atoms. The lowest BCUT2D eigenvalue weighted by Crippen LogP contribution is -2.12. The largest absolute Gasteiger partial charge is 0.312 e. The Bertz CT molecular complexity index is 654. The van der Waals surface area contributed by atoms with Gasteiger partial charge in [-0.2, -0.15) is 4.37 Å². The number of amides is 1. The highest BCUT2D eigenvalue weighted by Crippen LogP contribution is 2.32. The Hall–Kier alpha value is -1.10. The normalized spacial score (nSPS) is 13.4. The van der Waals surface area contributed by atoms with Crippen molar-refractivity contribution in [2.24, 2.45) is 0 Å². The van der Waals surface area contributed by atoms with E-state index in [0.717, 1.165) is 30.0 Å². The summed E-state index contributed by atoms with van der Waals surface area (Å²) in [4.78, 5) is 12.2. The Kier molecular flexibility index (Phi) is 3.48. The van der Waals surface area contributed by atoms with Crippen LogP contribution in [0.4, 0.5) is 5.00 Å². The summed E-state index contributed by atoms with van der Waals surface area (Å²) in [6, 6.07) is 4.84. The van der Waals surface area contributed by atoms with Gasteiger partial charge in [0.2, 0.25) is 0 Å². The first-order valence-corrected chi connectivity index (χ1v) is 7.42. The maximum Gasteiger partial charge on any atom is 0.257 e. The Morgan fingerprint density at radius 2 is 2.16 bits per heavy atom. The van der Waals surface area contributed by atoms with E-state index in [1.54, 1.807) is 18.2 Å². The van der Waals surface area contributed by atoms with Crippen molar-refractivity contribution < 1.29 is 4.79 Å². The number of benzene rings is 1. The smallest absolute Gasteiger partial charge is 0.257 e. The molecule has 3 nitrogen and oxygen atoms in total. The van der Waals surface area contributed by atoms with Crippen molar-refractivity contribution in [1.29, 1.82) is 0 Å². The molecule has 0 fully saturated rings. The van der Waals surface area contributed by atoms with E-state index in [0.29, 0.717) is 15.6 Å². The van der Waals surface area contributed by atoms with Crippen molar-refractivity contribution in [3.63, 3.8) is 0 Å². The van der Waals surface area contributed by atoms with Gasteiger partial charge in [-0.15, -0.1) is 0 Å². The fraction of sp³-hybridized carbons (Fsp3) is 0.231. The molecule has 3 rings (SSSR count). The molecule has 0 atom stereocenters. The van der Waals surface area contributed by atoms with Gasteiger partial charge in [0.1, 0.15) is 5.00 Å². The van der Waals surface area contributed by atoms with Crippen LogP contribution in [0, 0.1) is 0 Å². The third-order valence-corrected chi connectivity index (χ3v) is 4.50. The van der Waals surface area contributed by atoms with E-state index in [9.17, 15) is 4.79 Å². The highest BCUT2D eigenvalue weighted by atomic mass is 35.5. The van der Waals surface area contributed by atoms with Crippen molar-refractivity contribution in [3.05, 3.63) is 45.1 Å². The standard InChI is InChI=1S/C13H10Cl2N2OS/c14-7-4-5-8(10(15)6-7)12(18)16-13-9-2-1-3-11(9)17-19-13/h4-6H,1-3H2,(H,16,18). The van der Waals surface area contributed by atoms with Gasteiger partial charge in [0, 0.05) is 10.6 Å². The summed E-state index contributed by atoms with van der Waals surface area (Å²) in [5, 5.41) is 4.59. The number of fused-ring (bicyclic) bond motifs is 1. The number of hydrogen-bond donors (Lipinski definition) is 1. The second-order valence-electron chi connectivity index (χ2n) is 4.37. The van der Waals surface area contributed by atoms with Gasteiger partial charge in [0.05, 0.1) is 16.3 Å². The van der Waals surface area contributed by atoms with Gasteiger partial charge in [0.15, 0.2) is 0 Å². The number of aryl methyl sites for hydroxylation is 1. The number of anilines is 1. The van der Waals surface area contributed by atoms with Crippen LogP contribution in [0.1, 0.15) is 28.0 Å². The average Bonchev–Trinajstić information content (AvgIpc) is 2.94. The number of hydrogen-bond acceptors (Lipinski definition) is 3. The fourth-order valence-corrected chi connectivity index (χ4v) is 3.54. The number of carbonyl (C=O) groups is 1. The number of carbonyl (C=O) groups excluding carboxylic acids is 1. The van der Waals surface area contributed by atoms with Crippen LogP contribution >= 0.6 is 34.7 Å². The Balaban J connectivity index is 1.85. The number of halogens is 2. The summed E-state index contributed by atoms with van der Waals surface area (Å²) in [6.07, 6.45) is 3.09. The van der Waals surface area contributed by atoms with Crippen molar-refractivity contribution in [2.75, 3.05) is 5.32 Å². The molecule has 1 aromatic heterocycles. The average molecular weight is 313 g/mol. The molecule has 1 heterocycles. The summed E-state index contributed by atoms with van der Waals surface area (Å²) in [5.41, 5.74) is 2.71. The van der Waals surface area contributed by atoms with Crippen LogP contribution in [-0.4, -0.2) is 10.3 Å². The van der Waals surface area contributed by atoms with Crippen LogP contribution in [0.25, 0.3) is 0 Å². The Morgan fingerprint density at radius 1 is 1.32 bits per heavy atom.